The summed E-state index contributed by atoms with van der Waals surface area (Å²) in [5.74, 6) is -0.380. The first kappa shape index (κ1) is 27.9. The fourth-order valence-corrected chi connectivity index (χ4v) is 5.29. The van der Waals surface area contributed by atoms with Crippen LogP contribution in [0.1, 0.15) is 49.5 Å². The molecule has 0 saturated carbocycles. The molecular weight excluding hydrogens is 516 g/mol. The molecule has 0 unspecified atom stereocenters. The molecule has 3 aromatic rings. The van der Waals surface area contributed by atoms with Crippen molar-refractivity contribution in [3.63, 3.8) is 0 Å². The van der Waals surface area contributed by atoms with Gasteiger partial charge in [0.2, 0.25) is 0 Å². The van der Waals surface area contributed by atoms with Crippen LogP contribution in [-0.4, -0.2) is 79.9 Å². The van der Waals surface area contributed by atoms with Crippen LogP contribution in [0, 0.1) is 11.3 Å². The molecule has 2 saturated heterocycles. The van der Waals surface area contributed by atoms with Gasteiger partial charge in [0.25, 0.3) is 17.7 Å². The first-order chi connectivity index (χ1) is 20.0. The predicted molar refractivity (Wildman–Crippen MR) is 158 cm³/mol. The van der Waals surface area contributed by atoms with E-state index < -0.39 is 0 Å². The Morgan fingerprint density at radius 1 is 0.707 bits per heavy atom. The Morgan fingerprint density at radius 2 is 1.41 bits per heavy atom. The van der Waals surface area contributed by atoms with Gasteiger partial charge in [0.05, 0.1) is 23.0 Å². The molecule has 0 atom stereocenters. The van der Waals surface area contributed by atoms with Crippen LogP contribution in [0.5, 0.6) is 0 Å². The zero-order valence-corrected chi connectivity index (χ0v) is 23.0. The van der Waals surface area contributed by atoms with Crippen molar-refractivity contribution < 1.29 is 14.4 Å². The highest BCUT2D eigenvalue weighted by molar-refractivity contribution is 6.07. The number of nitrogens with one attached hydrogen (secondary N) is 2. The summed E-state index contributed by atoms with van der Waals surface area (Å²) in [4.78, 5) is 45.7. The maximum absolute atomic E-state index is 13.4. The first-order valence-electron chi connectivity index (χ1n) is 14.1. The second-order valence-electron chi connectivity index (χ2n) is 10.3. The van der Waals surface area contributed by atoms with Crippen molar-refractivity contribution in [3.8, 4) is 6.07 Å². The average Bonchev–Trinajstić information content (AvgIpc) is 3.45. The van der Waals surface area contributed by atoms with Crippen LogP contribution in [0.15, 0.2) is 72.8 Å². The fourth-order valence-electron chi connectivity index (χ4n) is 5.29. The summed E-state index contributed by atoms with van der Waals surface area (Å²) in [5, 5.41) is 15.5. The number of carbonyl (C=O) groups is 3. The van der Waals surface area contributed by atoms with E-state index in [0.29, 0.717) is 67.2 Å². The SMILES string of the molecule is N#Cc1ccc(C(=O)Nc2cc(C(=O)N3CCCNCC3)ccc2N2CCCN(C(=O)c3ccccc3)CC2)cc1. The van der Waals surface area contributed by atoms with E-state index in [1.54, 1.807) is 30.3 Å². The molecular formula is C32H34N6O3. The Hall–Kier alpha value is -4.68. The summed E-state index contributed by atoms with van der Waals surface area (Å²) in [6.45, 7) is 5.40. The fraction of sp³-hybridized carbons (Fsp3) is 0.312. The van der Waals surface area contributed by atoms with Gasteiger partial charge in [-0.2, -0.15) is 5.26 Å². The van der Waals surface area contributed by atoms with Crippen molar-refractivity contribution in [1.29, 1.82) is 5.26 Å². The number of nitriles is 1. The van der Waals surface area contributed by atoms with Crippen LogP contribution < -0.4 is 15.5 Å². The summed E-state index contributed by atoms with van der Waals surface area (Å²) in [6, 6.07) is 23.3. The zero-order chi connectivity index (χ0) is 28.6. The third-order valence-electron chi connectivity index (χ3n) is 7.54. The molecule has 210 valence electrons. The minimum absolute atomic E-state index is 0.00896. The van der Waals surface area contributed by atoms with Gasteiger partial charge in [-0.25, -0.2) is 0 Å². The summed E-state index contributed by atoms with van der Waals surface area (Å²) in [6.07, 6.45) is 1.65. The Kier molecular flexibility index (Phi) is 8.92. The van der Waals surface area contributed by atoms with E-state index in [9.17, 15) is 14.4 Å². The Morgan fingerprint density at radius 3 is 2.20 bits per heavy atom. The standard InChI is InChI=1S/C32H34N6O3/c33-23-24-8-10-25(11-9-24)30(39)35-28-22-27(32(41)37-16-4-14-34-15-19-37)12-13-29(28)36-17-5-18-38(21-20-36)31(40)26-6-2-1-3-7-26/h1-3,6-13,22,34H,4-5,14-21H2,(H,35,39). The molecule has 9 heteroatoms. The van der Waals surface area contributed by atoms with Gasteiger partial charge in [-0.05, 0) is 74.0 Å². The largest absolute Gasteiger partial charge is 0.368 e. The van der Waals surface area contributed by atoms with Crippen LogP contribution in [0.25, 0.3) is 0 Å². The Bertz CT molecular complexity index is 1430. The lowest BCUT2D eigenvalue weighted by Crippen LogP contribution is -2.35. The summed E-state index contributed by atoms with van der Waals surface area (Å²) >= 11 is 0. The van der Waals surface area contributed by atoms with E-state index in [1.807, 2.05) is 52.3 Å². The molecule has 0 aliphatic carbocycles. The number of anilines is 2. The maximum atomic E-state index is 13.4. The first-order valence-corrected chi connectivity index (χ1v) is 14.1. The monoisotopic (exact) mass is 550 g/mol. The summed E-state index contributed by atoms with van der Waals surface area (Å²) < 4.78 is 0. The highest BCUT2D eigenvalue weighted by atomic mass is 16.2. The Labute approximate surface area is 240 Å². The molecule has 2 aliphatic rings. The molecule has 9 nitrogen and oxygen atoms in total. The predicted octanol–water partition coefficient (Wildman–Crippen LogP) is 3.60. The molecule has 0 aromatic heterocycles. The summed E-state index contributed by atoms with van der Waals surface area (Å²) in [5.41, 5.74) is 3.42. The topological polar surface area (TPSA) is 109 Å². The van der Waals surface area contributed by atoms with Gasteiger partial charge in [-0.15, -0.1) is 0 Å². The van der Waals surface area contributed by atoms with Gasteiger partial charge in [0, 0.05) is 62.5 Å². The van der Waals surface area contributed by atoms with Crippen LogP contribution in [-0.2, 0) is 0 Å². The Balaban J connectivity index is 1.40. The third-order valence-corrected chi connectivity index (χ3v) is 7.54. The van der Waals surface area contributed by atoms with Gasteiger partial charge in [-0.3, -0.25) is 14.4 Å². The quantitative estimate of drug-likeness (QED) is 0.503. The van der Waals surface area contributed by atoms with Crippen molar-refractivity contribution in [2.75, 3.05) is 62.6 Å². The molecule has 3 aromatic carbocycles. The smallest absolute Gasteiger partial charge is 0.255 e. The minimum atomic E-state index is -0.324. The molecule has 41 heavy (non-hydrogen) atoms. The summed E-state index contributed by atoms with van der Waals surface area (Å²) in [7, 11) is 0. The van der Waals surface area contributed by atoms with Crippen molar-refractivity contribution in [2.45, 2.75) is 12.8 Å². The molecule has 2 fully saturated rings. The number of carbonyl (C=O) groups excluding carboxylic acids is 3. The molecule has 0 spiro atoms. The maximum Gasteiger partial charge on any atom is 0.255 e. The number of hydrogen-bond acceptors (Lipinski definition) is 6. The van der Waals surface area contributed by atoms with E-state index in [-0.39, 0.29) is 17.7 Å². The van der Waals surface area contributed by atoms with Gasteiger partial charge in [-0.1, -0.05) is 18.2 Å². The van der Waals surface area contributed by atoms with E-state index in [2.05, 4.69) is 21.6 Å². The highest BCUT2D eigenvalue weighted by Gasteiger charge is 2.24. The second-order valence-corrected chi connectivity index (χ2v) is 10.3. The molecule has 3 amide bonds. The van der Waals surface area contributed by atoms with Gasteiger partial charge < -0.3 is 25.3 Å². The molecule has 2 heterocycles. The number of benzene rings is 3. The average molecular weight is 551 g/mol. The normalized spacial score (nSPS) is 15.8. The molecule has 0 radical (unpaired) electrons. The van der Waals surface area contributed by atoms with Gasteiger partial charge in [0.1, 0.15) is 0 Å². The van der Waals surface area contributed by atoms with E-state index in [0.717, 1.165) is 31.6 Å². The van der Waals surface area contributed by atoms with Crippen LogP contribution in [0.4, 0.5) is 11.4 Å². The van der Waals surface area contributed by atoms with Crippen molar-refractivity contribution >= 4 is 29.1 Å². The second kappa shape index (κ2) is 13.1. The third kappa shape index (κ3) is 6.73. The van der Waals surface area contributed by atoms with E-state index in [4.69, 9.17) is 5.26 Å². The van der Waals surface area contributed by atoms with Crippen LogP contribution in [0.2, 0.25) is 0 Å². The number of hydrogen-bond donors (Lipinski definition) is 2. The minimum Gasteiger partial charge on any atom is -0.368 e. The molecule has 2 N–H and O–H groups in total. The highest BCUT2D eigenvalue weighted by Crippen LogP contribution is 2.30. The lowest BCUT2D eigenvalue weighted by molar-refractivity contribution is 0.0759. The lowest BCUT2D eigenvalue weighted by atomic mass is 10.1. The van der Waals surface area contributed by atoms with Crippen LogP contribution >= 0.6 is 0 Å². The number of rotatable bonds is 5. The van der Waals surface area contributed by atoms with Crippen molar-refractivity contribution in [3.05, 3.63) is 95.1 Å². The molecule has 0 bridgehead atoms. The molecule has 5 rings (SSSR count). The van der Waals surface area contributed by atoms with E-state index >= 15 is 0 Å². The zero-order valence-electron chi connectivity index (χ0n) is 23.0. The number of amides is 3. The lowest BCUT2D eigenvalue weighted by Gasteiger charge is -2.27. The van der Waals surface area contributed by atoms with Gasteiger partial charge >= 0.3 is 0 Å². The van der Waals surface area contributed by atoms with E-state index in [1.165, 1.54) is 0 Å². The van der Waals surface area contributed by atoms with Gasteiger partial charge in [0.15, 0.2) is 0 Å². The van der Waals surface area contributed by atoms with Crippen molar-refractivity contribution in [2.24, 2.45) is 0 Å². The molecule has 2 aliphatic heterocycles. The number of nitrogens with zero attached hydrogens (tertiary/aromatic N) is 4. The van der Waals surface area contributed by atoms with Crippen molar-refractivity contribution in [1.82, 2.24) is 15.1 Å². The van der Waals surface area contributed by atoms with Crippen LogP contribution in [0.3, 0.4) is 0 Å².